The summed E-state index contributed by atoms with van der Waals surface area (Å²) >= 11 is 0. The Hall–Kier alpha value is -4.06. The summed E-state index contributed by atoms with van der Waals surface area (Å²) in [6.45, 7) is 8.28. The van der Waals surface area contributed by atoms with Crippen LogP contribution in [0.4, 0.5) is 0 Å². The fraction of sp³-hybridized carbons (Fsp3) is 0.176. The first-order valence-corrected chi connectivity index (χ1v) is 13.4. The van der Waals surface area contributed by atoms with Crippen molar-refractivity contribution < 1.29 is 9.31 Å². The Morgan fingerprint density at radius 3 is 1.62 bits per heavy atom. The second-order valence-corrected chi connectivity index (χ2v) is 11.0. The summed E-state index contributed by atoms with van der Waals surface area (Å²) < 4.78 is 12.5. The van der Waals surface area contributed by atoms with Crippen LogP contribution in [-0.4, -0.2) is 28.3 Å². The van der Waals surface area contributed by atoms with Crippen LogP contribution >= 0.6 is 0 Å². The number of benzene rings is 4. The van der Waals surface area contributed by atoms with Gasteiger partial charge in [-0.2, -0.15) is 0 Å². The Morgan fingerprint density at radius 1 is 0.487 bits per heavy atom. The van der Waals surface area contributed by atoms with Crippen molar-refractivity contribution in [1.82, 2.24) is 9.97 Å². The lowest BCUT2D eigenvalue weighted by molar-refractivity contribution is 0.00578. The van der Waals surface area contributed by atoms with E-state index < -0.39 is 7.12 Å². The van der Waals surface area contributed by atoms with Gasteiger partial charge in [0.25, 0.3) is 0 Å². The van der Waals surface area contributed by atoms with Crippen LogP contribution in [0.2, 0.25) is 0 Å². The number of nitrogens with zero attached hydrogens (tertiary/aromatic N) is 2. The molecule has 0 unspecified atom stereocenters. The highest BCUT2D eigenvalue weighted by Gasteiger charge is 2.51. The van der Waals surface area contributed by atoms with Crippen molar-refractivity contribution in [2.24, 2.45) is 0 Å². The second kappa shape index (κ2) is 9.92. The summed E-state index contributed by atoms with van der Waals surface area (Å²) in [7, 11) is -0.398. The van der Waals surface area contributed by atoms with E-state index >= 15 is 0 Å². The average Bonchev–Trinajstić information content (AvgIpc) is 3.20. The number of hydrogen-bond acceptors (Lipinski definition) is 4. The zero-order valence-electron chi connectivity index (χ0n) is 22.8. The second-order valence-electron chi connectivity index (χ2n) is 11.0. The first-order chi connectivity index (χ1) is 18.8. The zero-order valence-corrected chi connectivity index (χ0v) is 22.8. The maximum Gasteiger partial charge on any atom is 0.494 e. The van der Waals surface area contributed by atoms with E-state index in [0.717, 1.165) is 39.1 Å². The Bertz CT molecular complexity index is 1580. The van der Waals surface area contributed by atoms with Crippen LogP contribution in [0.25, 0.3) is 45.0 Å². The number of rotatable bonds is 5. The van der Waals surface area contributed by atoms with E-state index in [0.29, 0.717) is 5.82 Å². The third kappa shape index (κ3) is 5.03. The van der Waals surface area contributed by atoms with Gasteiger partial charge in [-0.05, 0) is 56.4 Å². The first-order valence-electron chi connectivity index (χ1n) is 13.4. The molecule has 0 amide bonds. The Balaban J connectivity index is 1.39. The van der Waals surface area contributed by atoms with Gasteiger partial charge < -0.3 is 9.31 Å². The maximum absolute atomic E-state index is 6.25. The number of aromatic nitrogens is 2. The minimum atomic E-state index is -0.398. The molecule has 5 aromatic rings. The average molecular weight is 510 g/mol. The molecule has 0 atom stereocenters. The van der Waals surface area contributed by atoms with E-state index in [1.54, 1.807) is 0 Å². The lowest BCUT2D eigenvalue weighted by atomic mass is 9.79. The lowest BCUT2D eigenvalue weighted by Crippen LogP contribution is -2.41. The molecule has 0 spiro atoms. The minimum Gasteiger partial charge on any atom is -0.399 e. The molecule has 6 rings (SSSR count). The molecule has 0 radical (unpaired) electrons. The van der Waals surface area contributed by atoms with E-state index in [9.17, 15) is 0 Å². The summed E-state index contributed by atoms with van der Waals surface area (Å²) in [6.07, 6.45) is 0. The van der Waals surface area contributed by atoms with Gasteiger partial charge in [-0.3, -0.25) is 0 Å². The predicted octanol–water partition coefficient (Wildman–Crippen LogP) is 7.44. The van der Waals surface area contributed by atoms with Gasteiger partial charge in [0, 0.05) is 16.7 Å². The molecule has 5 heteroatoms. The smallest absolute Gasteiger partial charge is 0.399 e. The molecule has 1 saturated heterocycles. The molecule has 1 fully saturated rings. The molecular formula is C34H31BN2O2. The maximum atomic E-state index is 6.25. The third-order valence-corrected chi connectivity index (χ3v) is 7.76. The molecule has 39 heavy (non-hydrogen) atoms. The van der Waals surface area contributed by atoms with Gasteiger partial charge >= 0.3 is 7.12 Å². The van der Waals surface area contributed by atoms with Crippen LogP contribution in [0.15, 0.2) is 115 Å². The van der Waals surface area contributed by atoms with Crippen LogP contribution < -0.4 is 5.46 Å². The molecule has 1 aromatic heterocycles. The van der Waals surface area contributed by atoms with Crippen LogP contribution in [-0.2, 0) is 9.31 Å². The van der Waals surface area contributed by atoms with Crippen molar-refractivity contribution in [1.29, 1.82) is 0 Å². The highest BCUT2D eigenvalue weighted by Crippen LogP contribution is 2.37. The predicted molar refractivity (Wildman–Crippen MR) is 159 cm³/mol. The van der Waals surface area contributed by atoms with Gasteiger partial charge in [0.1, 0.15) is 0 Å². The van der Waals surface area contributed by atoms with Gasteiger partial charge in [-0.25, -0.2) is 9.97 Å². The highest BCUT2D eigenvalue weighted by atomic mass is 16.7. The van der Waals surface area contributed by atoms with Crippen molar-refractivity contribution in [3.63, 3.8) is 0 Å². The van der Waals surface area contributed by atoms with E-state index in [1.807, 2.05) is 36.4 Å². The molecule has 0 aliphatic carbocycles. The largest absolute Gasteiger partial charge is 0.494 e. The normalized spacial score (nSPS) is 15.8. The summed E-state index contributed by atoms with van der Waals surface area (Å²) in [6, 6.07) is 39.4. The quantitative estimate of drug-likeness (QED) is 0.231. The van der Waals surface area contributed by atoms with Gasteiger partial charge in [0.15, 0.2) is 5.82 Å². The standard InChI is InChI=1S/C34H31BN2O2/c1-33(2)34(3,4)39-35(38-33)29-20-18-25(19-21-29)30-23-31(37-32(36-30)26-14-9-6-10-15-26)28-17-11-16-27(22-28)24-12-7-5-8-13-24/h5-23H,1-4H3. The SMILES string of the molecule is CC1(C)OB(c2ccc(-c3cc(-c4cccc(-c5ccccc5)c4)nc(-c4ccccc4)n3)cc2)OC1(C)C. The van der Waals surface area contributed by atoms with Crippen LogP contribution in [0.5, 0.6) is 0 Å². The molecule has 4 aromatic carbocycles. The van der Waals surface area contributed by atoms with Crippen molar-refractivity contribution >= 4 is 12.6 Å². The first kappa shape index (κ1) is 25.2. The summed E-state index contributed by atoms with van der Waals surface area (Å²) in [5.74, 6) is 0.697. The monoisotopic (exact) mass is 510 g/mol. The molecule has 0 saturated carbocycles. The Kier molecular flexibility index (Phi) is 6.42. The summed E-state index contributed by atoms with van der Waals surface area (Å²) in [5, 5.41) is 0. The Labute approximate surface area is 230 Å². The molecule has 0 bridgehead atoms. The Morgan fingerprint density at radius 2 is 1.00 bits per heavy atom. The molecule has 0 N–H and O–H groups in total. The fourth-order valence-electron chi connectivity index (χ4n) is 4.74. The van der Waals surface area contributed by atoms with Gasteiger partial charge in [-0.15, -0.1) is 0 Å². The molecule has 1 aliphatic rings. The number of hydrogen-bond donors (Lipinski definition) is 0. The van der Waals surface area contributed by atoms with Crippen LogP contribution in [0, 0.1) is 0 Å². The van der Waals surface area contributed by atoms with Crippen molar-refractivity contribution in [3.8, 4) is 45.0 Å². The summed E-state index contributed by atoms with van der Waals surface area (Å²) in [4.78, 5) is 9.98. The van der Waals surface area contributed by atoms with Crippen LogP contribution in [0.3, 0.4) is 0 Å². The molecule has 2 heterocycles. The molecule has 192 valence electrons. The van der Waals surface area contributed by atoms with Crippen molar-refractivity contribution in [2.75, 3.05) is 0 Å². The van der Waals surface area contributed by atoms with E-state index in [4.69, 9.17) is 19.3 Å². The van der Waals surface area contributed by atoms with Gasteiger partial charge in [-0.1, -0.05) is 103 Å². The lowest BCUT2D eigenvalue weighted by Gasteiger charge is -2.32. The van der Waals surface area contributed by atoms with Crippen LogP contribution in [0.1, 0.15) is 27.7 Å². The minimum absolute atomic E-state index is 0.378. The molecular weight excluding hydrogens is 479 g/mol. The van der Waals surface area contributed by atoms with Gasteiger partial charge in [0.2, 0.25) is 0 Å². The third-order valence-electron chi connectivity index (χ3n) is 7.76. The highest BCUT2D eigenvalue weighted by molar-refractivity contribution is 6.62. The van der Waals surface area contributed by atoms with Crippen molar-refractivity contribution in [3.05, 3.63) is 115 Å². The topological polar surface area (TPSA) is 44.2 Å². The fourth-order valence-corrected chi connectivity index (χ4v) is 4.74. The van der Waals surface area contributed by atoms with E-state index in [-0.39, 0.29) is 11.2 Å². The summed E-state index contributed by atoms with van der Waals surface area (Å²) in [5.41, 5.74) is 7.35. The van der Waals surface area contributed by atoms with E-state index in [2.05, 4.69) is 107 Å². The molecule has 1 aliphatic heterocycles. The molecule has 4 nitrogen and oxygen atoms in total. The van der Waals surface area contributed by atoms with E-state index in [1.165, 1.54) is 5.56 Å². The zero-order chi connectivity index (χ0) is 27.0. The van der Waals surface area contributed by atoms with Gasteiger partial charge in [0.05, 0.1) is 22.6 Å². The van der Waals surface area contributed by atoms with Crippen molar-refractivity contribution in [2.45, 2.75) is 38.9 Å².